The van der Waals surface area contributed by atoms with Crippen LogP contribution in [-0.2, 0) is 18.1 Å². The van der Waals surface area contributed by atoms with Crippen molar-refractivity contribution < 1.29 is 13.6 Å². The number of aryl methyl sites for hydroxylation is 1. The van der Waals surface area contributed by atoms with Gasteiger partial charge in [0.1, 0.15) is 0 Å². The van der Waals surface area contributed by atoms with Crippen molar-refractivity contribution >= 4 is 22.8 Å². The second-order valence-electron chi connectivity index (χ2n) is 3.45. The van der Waals surface area contributed by atoms with E-state index in [1.807, 2.05) is 0 Å². The van der Waals surface area contributed by atoms with E-state index >= 15 is 0 Å². The van der Waals surface area contributed by atoms with Crippen LogP contribution < -0.4 is 5.32 Å². The molecule has 2 aromatic rings. The maximum absolute atomic E-state index is 11.8. The van der Waals surface area contributed by atoms with E-state index < -0.39 is 17.0 Å². The molecule has 0 saturated heterocycles. The molecule has 0 spiro atoms. The summed E-state index contributed by atoms with van der Waals surface area (Å²) in [5, 5.41) is 6.29. The van der Waals surface area contributed by atoms with E-state index in [0.717, 1.165) is 0 Å². The molecule has 7 nitrogen and oxygen atoms in total. The molecule has 0 saturated carbocycles. The molecule has 0 radical (unpaired) electrons. The minimum Gasteiger partial charge on any atom is -0.768 e. The highest BCUT2D eigenvalue weighted by Gasteiger charge is 2.13. The van der Waals surface area contributed by atoms with Crippen LogP contribution >= 0.6 is 0 Å². The summed E-state index contributed by atoms with van der Waals surface area (Å²) in [7, 11) is 1.57. The number of pyridine rings is 1. The summed E-state index contributed by atoms with van der Waals surface area (Å²) >= 11 is -2.46. The summed E-state index contributed by atoms with van der Waals surface area (Å²) in [6.07, 6.45) is 4.23. The Kier molecular flexibility index (Phi) is 3.49. The molecule has 0 aliphatic carbocycles. The van der Waals surface area contributed by atoms with Gasteiger partial charge < -0.3 is 9.87 Å². The van der Waals surface area contributed by atoms with Crippen LogP contribution in [0.4, 0.5) is 5.82 Å². The zero-order chi connectivity index (χ0) is 13.1. The fourth-order valence-electron chi connectivity index (χ4n) is 1.35. The first-order valence-corrected chi connectivity index (χ1v) is 5.99. The Hall–Kier alpha value is -2.06. The highest BCUT2D eigenvalue weighted by atomic mass is 32.2. The molecule has 0 fully saturated rings. The Morgan fingerprint density at radius 2 is 2.33 bits per heavy atom. The Morgan fingerprint density at radius 1 is 1.56 bits per heavy atom. The SMILES string of the molecule is Cn1cc(S(=O)[O-])c(NC(=O)c2cccnc2)n1. The molecule has 2 aromatic heterocycles. The largest absolute Gasteiger partial charge is 0.768 e. The molecule has 18 heavy (non-hydrogen) atoms. The average Bonchev–Trinajstić information content (AvgIpc) is 2.71. The van der Waals surface area contributed by atoms with Crippen molar-refractivity contribution in [3.8, 4) is 0 Å². The monoisotopic (exact) mass is 265 g/mol. The molecule has 0 aromatic carbocycles. The third-order valence-electron chi connectivity index (χ3n) is 2.13. The van der Waals surface area contributed by atoms with Crippen LogP contribution in [0.2, 0.25) is 0 Å². The zero-order valence-corrected chi connectivity index (χ0v) is 10.2. The standard InChI is InChI=1S/C10H10N4O3S/c1-14-6-8(18(16)17)9(13-14)12-10(15)7-3-2-4-11-5-7/h2-6H,1H3,(H,16,17)(H,12,13,15)/p-1. The Labute approximate surface area is 105 Å². The summed E-state index contributed by atoms with van der Waals surface area (Å²) in [4.78, 5) is 15.5. The van der Waals surface area contributed by atoms with Gasteiger partial charge in [0.2, 0.25) is 0 Å². The highest BCUT2D eigenvalue weighted by molar-refractivity contribution is 7.79. The lowest BCUT2D eigenvalue weighted by Crippen LogP contribution is -2.14. The lowest BCUT2D eigenvalue weighted by atomic mass is 10.3. The number of anilines is 1. The summed E-state index contributed by atoms with van der Waals surface area (Å²) in [5.74, 6) is -0.465. The molecule has 1 N–H and O–H groups in total. The molecule has 8 heteroatoms. The molecule has 1 atom stereocenters. The molecule has 0 bridgehead atoms. The predicted octanol–water partition coefficient (Wildman–Crippen LogP) is 0.305. The zero-order valence-electron chi connectivity index (χ0n) is 9.36. The van der Waals surface area contributed by atoms with Gasteiger partial charge in [-0.2, -0.15) is 5.10 Å². The first-order chi connectivity index (χ1) is 8.58. The maximum atomic E-state index is 11.8. The third-order valence-corrected chi connectivity index (χ3v) is 2.79. The average molecular weight is 265 g/mol. The smallest absolute Gasteiger partial charge is 0.258 e. The van der Waals surface area contributed by atoms with E-state index in [1.54, 1.807) is 19.2 Å². The quantitative estimate of drug-likeness (QED) is 0.805. The van der Waals surface area contributed by atoms with Crippen LogP contribution in [0.3, 0.4) is 0 Å². The summed E-state index contributed by atoms with van der Waals surface area (Å²) < 4.78 is 23.2. The highest BCUT2D eigenvalue weighted by Crippen LogP contribution is 2.16. The molecular weight excluding hydrogens is 256 g/mol. The Balaban J connectivity index is 2.25. The van der Waals surface area contributed by atoms with E-state index in [4.69, 9.17) is 0 Å². The van der Waals surface area contributed by atoms with E-state index in [-0.39, 0.29) is 10.7 Å². The van der Waals surface area contributed by atoms with E-state index in [1.165, 1.54) is 23.3 Å². The second kappa shape index (κ2) is 5.07. The van der Waals surface area contributed by atoms with Gasteiger partial charge >= 0.3 is 0 Å². The summed E-state index contributed by atoms with van der Waals surface area (Å²) in [6.45, 7) is 0. The number of nitrogens with one attached hydrogen (secondary N) is 1. The van der Waals surface area contributed by atoms with Crippen LogP contribution in [0.1, 0.15) is 10.4 Å². The molecule has 2 rings (SSSR count). The van der Waals surface area contributed by atoms with Gasteiger partial charge in [-0.25, -0.2) is 0 Å². The van der Waals surface area contributed by atoms with Gasteiger partial charge in [-0.3, -0.25) is 18.7 Å². The Bertz CT molecular complexity index is 596. The van der Waals surface area contributed by atoms with E-state index in [0.29, 0.717) is 5.56 Å². The number of amides is 1. The topological polar surface area (TPSA) is 99.9 Å². The molecule has 0 aliphatic heterocycles. The first-order valence-electron chi connectivity index (χ1n) is 4.92. The normalized spacial score (nSPS) is 12.1. The molecule has 2 heterocycles. The van der Waals surface area contributed by atoms with Gasteiger partial charge in [0.05, 0.1) is 10.5 Å². The second-order valence-corrected chi connectivity index (χ2v) is 4.36. The van der Waals surface area contributed by atoms with Gasteiger partial charge in [-0.1, -0.05) is 0 Å². The van der Waals surface area contributed by atoms with Crippen LogP contribution in [0, 0.1) is 0 Å². The van der Waals surface area contributed by atoms with Gasteiger partial charge in [-0.05, 0) is 23.2 Å². The van der Waals surface area contributed by atoms with E-state index in [2.05, 4.69) is 15.4 Å². The van der Waals surface area contributed by atoms with Crippen molar-refractivity contribution in [1.29, 1.82) is 0 Å². The lowest BCUT2D eigenvalue weighted by molar-refractivity contribution is 0.102. The molecular formula is C10H9N4O3S-. The van der Waals surface area contributed by atoms with Gasteiger partial charge in [0.25, 0.3) is 5.91 Å². The number of hydrogen-bond donors (Lipinski definition) is 1. The first kappa shape index (κ1) is 12.4. The molecule has 0 aliphatic rings. The van der Waals surface area contributed by atoms with Crippen molar-refractivity contribution in [3.63, 3.8) is 0 Å². The molecule has 1 amide bonds. The minimum absolute atomic E-state index is 0.000290. The maximum Gasteiger partial charge on any atom is 0.258 e. The van der Waals surface area contributed by atoms with Crippen LogP contribution in [0.25, 0.3) is 0 Å². The summed E-state index contributed by atoms with van der Waals surface area (Å²) in [5.41, 5.74) is 0.325. The van der Waals surface area contributed by atoms with Crippen LogP contribution in [0.5, 0.6) is 0 Å². The third kappa shape index (κ3) is 2.60. The van der Waals surface area contributed by atoms with Crippen molar-refractivity contribution in [2.24, 2.45) is 7.05 Å². The number of carbonyl (C=O) groups is 1. The Morgan fingerprint density at radius 3 is 2.94 bits per heavy atom. The molecule has 94 valence electrons. The van der Waals surface area contributed by atoms with Gasteiger partial charge in [0, 0.05) is 25.6 Å². The number of nitrogens with zero attached hydrogens (tertiary/aromatic N) is 3. The van der Waals surface area contributed by atoms with Crippen LogP contribution in [0.15, 0.2) is 35.6 Å². The fourth-order valence-corrected chi connectivity index (χ4v) is 1.84. The predicted molar refractivity (Wildman–Crippen MR) is 62.6 cm³/mol. The van der Waals surface area contributed by atoms with Gasteiger partial charge in [-0.15, -0.1) is 0 Å². The number of aromatic nitrogens is 3. The summed E-state index contributed by atoms with van der Waals surface area (Å²) in [6, 6.07) is 3.18. The van der Waals surface area contributed by atoms with Crippen LogP contribution in [-0.4, -0.2) is 29.4 Å². The fraction of sp³-hybridized carbons (Fsp3) is 0.100. The van der Waals surface area contributed by atoms with E-state index in [9.17, 15) is 13.6 Å². The number of carbonyl (C=O) groups excluding carboxylic acids is 1. The van der Waals surface area contributed by atoms with Crippen molar-refractivity contribution in [2.75, 3.05) is 5.32 Å². The van der Waals surface area contributed by atoms with Crippen molar-refractivity contribution in [1.82, 2.24) is 14.8 Å². The van der Waals surface area contributed by atoms with Crippen molar-refractivity contribution in [3.05, 3.63) is 36.3 Å². The number of hydrogen-bond acceptors (Lipinski definition) is 5. The lowest BCUT2D eigenvalue weighted by Gasteiger charge is -2.06. The number of rotatable bonds is 3. The molecule has 1 unspecified atom stereocenters. The van der Waals surface area contributed by atoms with Gasteiger partial charge in [0.15, 0.2) is 5.82 Å². The van der Waals surface area contributed by atoms with Crippen molar-refractivity contribution in [2.45, 2.75) is 4.90 Å². The minimum atomic E-state index is -2.46.